The quantitative estimate of drug-likeness (QED) is 0.568. The highest BCUT2D eigenvalue weighted by Crippen LogP contribution is 2.31. The molecule has 0 N–H and O–H groups in total. The van der Waals surface area contributed by atoms with E-state index >= 15 is 0 Å². The molecule has 3 aromatic heterocycles. The van der Waals surface area contributed by atoms with Crippen molar-refractivity contribution in [3.63, 3.8) is 0 Å². The van der Waals surface area contributed by atoms with Crippen LogP contribution in [0.3, 0.4) is 0 Å². The van der Waals surface area contributed by atoms with Crippen molar-refractivity contribution in [3.05, 3.63) is 34.8 Å². The van der Waals surface area contributed by atoms with Gasteiger partial charge in [-0.15, -0.1) is 11.3 Å². The zero-order valence-corrected chi connectivity index (χ0v) is 18.4. The minimum atomic E-state index is -0.454. The molecular weight excluding hydrogens is 388 g/mol. The molecular formula is C21H26N4O3S. The summed E-state index contributed by atoms with van der Waals surface area (Å²) < 4.78 is 6.59. The summed E-state index contributed by atoms with van der Waals surface area (Å²) in [5.41, 5.74) is 1.87. The van der Waals surface area contributed by atoms with Crippen LogP contribution in [0.25, 0.3) is 21.6 Å². The minimum Gasteiger partial charge on any atom is -0.468 e. The maximum Gasteiger partial charge on any atom is 0.325 e. The summed E-state index contributed by atoms with van der Waals surface area (Å²) in [6.45, 7) is 9.72. The maximum atomic E-state index is 13.5. The predicted octanol–water partition coefficient (Wildman–Crippen LogP) is 4.07. The smallest absolute Gasteiger partial charge is 0.325 e. The first kappa shape index (κ1) is 21.0. The van der Waals surface area contributed by atoms with Gasteiger partial charge in [0.2, 0.25) is 0 Å². The molecule has 0 radical (unpaired) electrons. The Labute approximate surface area is 174 Å². The zero-order valence-electron chi connectivity index (χ0n) is 17.6. The van der Waals surface area contributed by atoms with E-state index in [0.717, 1.165) is 10.6 Å². The van der Waals surface area contributed by atoms with Crippen LogP contribution in [0.2, 0.25) is 0 Å². The molecule has 0 spiro atoms. The third-order valence-corrected chi connectivity index (χ3v) is 5.71. The second-order valence-corrected chi connectivity index (χ2v) is 8.78. The van der Waals surface area contributed by atoms with Crippen LogP contribution in [0.4, 0.5) is 0 Å². The van der Waals surface area contributed by atoms with Gasteiger partial charge in [0.15, 0.2) is 5.65 Å². The van der Waals surface area contributed by atoms with Crippen LogP contribution < -0.4 is 0 Å². The van der Waals surface area contributed by atoms with Gasteiger partial charge in [-0.1, -0.05) is 0 Å². The van der Waals surface area contributed by atoms with Gasteiger partial charge in [0.05, 0.1) is 34.8 Å². The highest BCUT2D eigenvalue weighted by atomic mass is 32.1. The average Bonchev–Trinajstić information content (AvgIpc) is 3.30. The van der Waals surface area contributed by atoms with Crippen LogP contribution >= 0.6 is 11.3 Å². The Bertz CT molecular complexity index is 1050. The summed E-state index contributed by atoms with van der Waals surface area (Å²) in [5.74, 6) is -0.694. The van der Waals surface area contributed by atoms with Gasteiger partial charge < -0.3 is 9.64 Å². The number of pyridine rings is 1. The molecule has 0 bridgehead atoms. The lowest BCUT2D eigenvalue weighted by Crippen LogP contribution is -2.41. The van der Waals surface area contributed by atoms with E-state index in [1.165, 1.54) is 16.9 Å². The SMILES string of the molecule is COC(=O)CN(C(=O)c1cc(-c2ccc(C)s2)nc2c1cnn2C(C)C)C(C)C. The van der Waals surface area contributed by atoms with Gasteiger partial charge in [-0.05, 0) is 52.8 Å². The van der Waals surface area contributed by atoms with Crippen LogP contribution in [0.15, 0.2) is 24.4 Å². The Morgan fingerprint density at radius 1 is 1.24 bits per heavy atom. The first-order valence-electron chi connectivity index (χ1n) is 9.55. The van der Waals surface area contributed by atoms with Crippen molar-refractivity contribution in [1.82, 2.24) is 19.7 Å². The Morgan fingerprint density at radius 3 is 2.52 bits per heavy atom. The number of carbonyl (C=O) groups excluding carboxylic acids is 2. The topological polar surface area (TPSA) is 77.3 Å². The number of ether oxygens (including phenoxy) is 1. The number of esters is 1. The van der Waals surface area contributed by atoms with Crippen molar-refractivity contribution in [2.45, 2.75) is 46.7 Å². The highest BCUT2D eigenvalue weighted by Gasteiger charge is 2.26. The molecule has 0 unspecified atom stereocenters. The molecule has 0 aliphatic carbocycles. The van der Waals surface area contributed by atoms with Crippen LogP contribution in [0.1, 0.15) is 49.0 Å². The number of thiophene rings is 1. The van der Waals surface area contributed by atoms with Gasteiger partial charge in [0.1, 0.15) is 6.54 Å². The van der Waals surface area contributed by atoms with Crippen molar-refractivity contribution in [1.29, 1.82) is 0 Å². The van der Waals surface area contributed by atoms with Crippen LogP contribution in [-0.2, 0) is 9.53 Å². The molecule has 8 heteroatoms. The normalized spacial score (nSPS) is 11.4. The van der Waals surface area contributed by atoms with Gasteiger partial charge in [-0.3, -0.25) is 9.59 Å². The van der Waals surface area contributed by atoms with Crippen LogP contribution in [-0.4, -0.2) is 51.2 Å². The first-order chi connectivity index (χ1) is 13.7. The number of methoxy groups -OCH3 is 1. The number of amides is 1. The summed E-state index contributed by atoms with van der Waals surface area (Å²) in [6.07, 6.45) is 1.68. The molecule has 0 atom stereocenters. The molecule has 7 nitrogen and oxygen atoms in total. The van der Waals surface area contributed by atoms with E-state index in [0.29, 0.717) is 16.6 Å². The first-order valence-corrected chi connectivity index (χ1v) is 10.4. The van der Waals surface area contributed by atoms with Crippen LogP contribution in [0.5, 0.6) is 0 Å². The summed E-state index contributed by atoms with van der Waals surface area (Å²) in [4.78, 5) is 33.8. The summed E-state index contributed by atoms with van der Waals surface area (Å²) in [7, 11) is 1.32. The van der Waals surface area contributed by atoms with Gasteiger partial charge in [-0.2, -0.15) is 5.10 Å². The number of nitrogens with zero attached hydrogens (tertiary/aromatic N) is 4. The van der Waals surface area contributed by atoms with Crippen molar-refractivity contribution in [2.24, 2.45) is 0 Å². The van der Waals surface area contributed by atoms with Gasteiger partial charge >= 0.3 is 5.97 Å². The third kappa shape index (κ3) is 4.17. The number of carbonyl (C=O) groups is 2. The lowest BCUT2D eigenvalue weighted by atomic mass is 10.1. The molecule has 3 rings (SSSR count). The molecule has 3 heterocycles. The Balaban J connectivity index is 2.19. The van der Waals surface area contributed by atoms with Crippen molar-refractivity contribution in [2.75, 3.05) is 13.7 Å². The second-order valence-electron chi connectivity index (χ2n) is 7.49. The fraction of sp³-hybridized carbons (Fsp3) is 0.429. The lowest BCUT2D eigenvalue weighted by Gasteiger charge is -2.26. The molecule has 0 aromatic carbocycles. The highest BCUT2D eigenvalue weighted by molar-refractivity contribution is 7.15. The van der Waals surface area contributed by atoms with Gasteiger partial charge in [0, 0.05) is 17.0 Å². The molecule has 0 saturated carbocycles. The number of fused-ring (bicyclic) bond motifs is 1. The van der Waals surface area contributed by atoms with E-state index in [1.54, 1.807) is 23.6 Å². The minimum absolute atomic E-state index is 0.0968. The number of hydrogen-bond donors (Lipinski definition) is 0. The number of rotatable bonds is 6. The summed E-state index contributed by atoms with van der Waals surface area (Å²) in [5, 5.41) is 5.13. The zero-order chi connectivity index (χ0) is 21.3. The molecule has 3 aromatic rings. The predicted molar refractivity (Wildman–Crippen MR) is 114 cm³/mol. The lowest BCUT2D eigenvalue weighted by molar-refractivity contribution is -0.141. The van der Waals surface area contributed by atoms with Gasteiger partial charge in [-0.25, -0.2) is 9.67 Å². The van der Waals surface area contributed by atoms with E-state index in [2.05, 4.69) is 5.10 Å². The largest absolute Gasteiger partial charge is 0.468 e. The van der Waals surface area contributed by atoms with E-state index in [-0.39, 0.29) is 24.5 Å². The van der Waals surface area contributed by atoms with E-state index in [4.69, 9.17) is 9.72 Å². The number of aryl methyl sites for hydroxylation is 1. The summed E-state index contributed by atoms with van der Waals surface area (Å²) >= 11 is 1.62. The average molecular weight is 415 g/mol. The summed E-state index contributed by atoms with van der Waals surface area (Å²) in [6, 6.07) is 5.77. The maximum absolute atomic E-state index is 13.5. The van der Waals surface area contributed by atoms with E-state index < -0.39 is 5.97 Å². The fourth-order valence-electron chi connectivity index (χ4n) is 3.12. The monoisotopic (exact) mass is 414 g/mol. The molecule has 1 amide bonds. The Kier molecular flexibility index (Phi) is 6.02. The molecule has 0 fully saturated rings. The molecule has 0 aliphatic heterocycles. The second kappa shape index (κ2) is 8.32. The van der Waals surface area contributed by atoms with Crippen molar-refractivity contribution < 1.29 is 14.3 Å². The fourth-order valence-corrected chi connectivity index (χ4v) is 3.95. The molecule has 29 heavy (non-hydrogen) atoms. The third-order valence-electron chi connectivity index (χ3n) is 4.69. The molecule has 154 valence electrons. The number of hydrogen-bond acceptors (Lipinski definition) is 6. The van der Waals surface area contributed by atoms with E-state index in [9.17, 15) is 9.59 Å². The van der Waals surface area contributed by atoms with Crippen molar-refractivity contribution in [3.8, 4) is 10.6 Å². The molecule has 0 aliphatic rings. The molecule has 0 saturated heterocycles. The van der Waals surface area contributed by atoms with Gasteiger partial charge in [0.25, 0.3) is 5.91 Å². The van der Waals surface area contributed by atoms with E-state index in [1.807, 2.05) is 51.4 Å². The van der Waals surface area contributed by atoms with Crippen LogP contribution in [0, 0.1) is 6.92 Å². The Hall–Kier alpha value is -2.74. The standard InChI is InChI=1S/C21H26N4O3S/c1-12(2)24(11-19(26)28-6)21(27)15-9-17(18-8-7-14(5)29-18)23-20-16(15)10-22-25(20)13(3)4/h7-10,12-13H,11H2,1-6H3. The van der Waals surface area contributed by atoms with Crippen molar-refractivity contribution >= 4 is 34.2 Å². The number of aromatic nitrogens is 3. The Morgan fingerprint density at radius 2 is 1.97 bits per heavy atom.